The number of hydrogen-bond acceptors (Lipinski definition) is 15. The van der Waals surface area contributed by atoms with Crippen LogP contribution in [0.3, 0.4) is 0 Å². The molecule has 0 spiro atoms. The van der Waals surface area contributed by atoms with Crippen molar-refractivity contribution in [1.82, 2.24) is 15.0 Å². The van der Waals surface area contributed by atoms with Crippen LogP contribution in [0.25, 0.3) is 10.8 Å². The number of nitrogens with one attached hydrogen (secondary N) is 1. The number of azo groups is 1. The van der Waals surface area contributed by atoms with Gasteiger partial charge < -0.3 is 20.3 Å². The van der Waals surface area contributed by atoms with E-state index in [0.29, 0.717) is 0 Å². The molecule has 21 heteroatoms. The lowest BCUT2D eigenvalue weighted by atomic mass is 10.1. The first-order valence-corrected chi connectivity index (χ1v) is 16.3. The summed E-state index contributed by atoms with van der Waals surface area (Å²) in [6, 6.07) is 6.94. The van der Waals surface area contributed by atoms with Crippen molar-refractivity contribution in [2.75, 3.05) is 24.8 Å². The number of nitrogens with zero attached hydrogens (tertiary/aromatic N) is 5. The molecule has 4 aromatic rings. The topological polar surface area (TPSA) is 268 Å². The second-order valence-corrected chi connectivity index (χ2v) is 13.6. The van der Waals surface area contributed by atoms with E-state index < -0.39 is 63.7 Å². The van der Waals surface area contributed by atoms with Crippen LogP contribution in [0.15, 0.2) is 67.4 Å². The lowest BCUT2D eigenvalue weighted by Gasteiger charge is -2.15. The van der Waals surface area contributed by atoms with Crippen molar-refractivity contribution in [1.29, 1.82) is 0 Å². The van der Waals surface area contributed by atoms with Crippen molar-refractivity contribution in [2.24, 2.45) is 10.2 Å². The third-order valence-electron chi connectivity index (χ3n) is 5.54. The molecule has 0 aliphatic rings. The molecule has 3 aromatic carbocycles. The minimum atomic E-state index is -5.13. The summed E-state index contributed by atoms with van der Waals surface area (Å²) in [5.41, 5.74) is -1.10. The first kappa shape index (κ1) is 31.9. The van der Waals surface area contributed by atoms with Gasteiger partial charge in [-0.1, -0.05) is 0 Å². The number of aromatic hydroxyl groups is 1. The summed E-state index contributed by atoms with van der Waals surface area (Å²) in [5, 5.41) is 29.4. The van der Waals surface area contributed by atoms with E-state index in [-0.39, 0.29) is 44.3 Å². The van der Waals surface area contributed by atoms with Crippen LogP contribution in [0.1, 0.15) is 0 Å². The average Bonchev–Trinajstić information content (AvgIpc) is 2.91. The van der Waals surface area contributed by atoms with Gasteiger partial charge in [0.25, 0.3) is 20.2 Å². The van der Waals surface area contributed by atoms with Gasteiger partial charge in [-0.2, -0.15) is 36.9 Å². The van der Waals surface area contributed by atoms with Crippen LogP contribution < -0.4 is 10.1 Å². The molecule has 4 rings (SSSR count). The zero-order valence-corrected chi connectivity index (χ0v) is 24.6. The van der Waals surface area contributed by atoms with Crippen LogP contribution in [0, 0.1) is 0 Å². The Kier molecular flexibility index (Phi) is 8.83. The van der Waals surface area contributed by atoms with Crippen LogP contribution >= 0.6 is 11.6 Å². The highest BCUT2D eigenvalue weighted by Crippen LogP contribution is 2.45. The van der Waals surface area contributed by atoms with Crippen molar-refractivity contribution in [3.05, 3.63) is 47.7 Å². The number of phenols is 1. The highest BCUT2D eigenvalue weighted by Gasteiger charge is 2.26. The third kappa shape index (κ3) is 7.13. The molecule has 0 unspecified atom stereocenters. The highest BCUT2D eigenvalue weighted by molar-refractivity contribution is 7.91. The van der Waals surface area contributed by atoms with Crippen LogP contribution in [-0.2, 0) is 30.1 Å². The maximum Gasteiger partial charge on any atom is 0.322 e. The molecule has 0 amide bonds. The maximum atomic E-state index is 12.3. The number of phenolic OH excluding ortho intramolecular Hbond substituents is 1. The number of aromatic nitrogens is 3. The van der Waals surface area contributed by atoms with Gasteiger partial charge in [0.2, 0.25) is 11.2 Å². The van der Waals surface area contributed by atoms with Crippen LogP contribution in [0.4, 0.5) is 23.0 Å². The van der Waals surface area contributed by atoms with Gasteiger partial charge in [-0.3, -0.25) is 9.11 Å². The Labute approximate surface area is 248 Å². The number of benzene rings is 3. The summed E-state index contributed by atoms with van der Waals surface area (Å²) in [5.74, 6) is -1.76. The van der Waals surface area contributed by atoms with E-state index in [9.17, 15) is 39.5 Å². The quantitative estimate of drug-likeness (QED) is 0.119. The third-order valence-corrected chi connectivity index (χ3v) is 9.12. The normalized spacial score (nSPS) is 12.6. The number of rotatable bonds is 10. The molecule has 5 N–H and O–H groups in total. The summed E-state index contributed by atoms with van der Waals surface area (Å²) in [6.45, 7) is -0.597. The Morgan fingerprint density at radius 1 is 0.907 bits per heavy atom. The van der Waals surface area contributed by atoms with Crippen molar-refractivity contribution < 1.29 is 49.3 Å². The summed E-state index contributed by atoms with van der Waals surface area (Å²) < 4.78 is 97.2. The van der Waals surface area contributed by atoms with Crippen molar-refractivity contribution in [2.45, 2.75) is 14.7 Å². The number of aliphatic hydroxyl groups is 1. The summed E-state index contributed by atoms with van der Waals surface area (Å²) in [6.07, 6.45) is 0. The number of methoxy groups -OCH3 is 1. The Bertz CT molecular complexity index is 2090. The van der Waals surface area contributed by atoms with Crippen molar-refractivity contribution in [3.8, 4) is 11.8 Å². The van der Waals surface area contributed by atoms with E-state index in [1.54, 1.807) is 0 Å². The van der Waals surface area contributed by atoms with Crippen molar-refractivity contribution >= 4 is 75.5 Å². The molecule has 0 atom stereocenters. The lowest BCUT2D eigenvalue weighted by Crippen LogP contribution is -2.09. The number of fused-ring (bicyclic) bond motifs is 1. The van der Waals surface area contributed by atoms with E-state index >= 15 is 0 Å². The number of ether oxygens (including phenoxy) is 1. The molecule has 228 valence electrons. The van der Waals surface area contributed by atoms with E-state index in [1.165, 1.54) is 19.2 Å². The Hall–Kier alpha value is -4.05. The molecule has 0 saturated heterocycles. The highest BCUT2D eigenvalue weighted by atomic mass is 35.5. The van der Waals surface area contributed by atoms with Crippen LogP contribution in [0.5, 0.6) is 11.8 Å². The van der Waals surface area contributed by atoms with Crippen molar-refractivity contribution in [3.63, 3.8) is 0 Å². The fourth-order valence-corrected chi connectivity index (χ4v) is 6.05. The Morgan fingerprint density at radius 2 is 1.58 bits per heavy atom. The zero-order chi connectivity index (χ0) is 31.7. The molecule has 43 heavy (non-hydrogen) atoms. The molecule has 1 heterocycles. The molecule has 0 bridgehead atoms. The molecule has 0 aliphatic carbocycles. The van der Waals surface area contributed by atoms with E-state index in [4.69, 9.17) is 21.4 Å². The van der Waals surface area contributed by atoms with Gasteiger partial charge in [0.15, 0.2) is 15.6 Å². The number of aliphatic hydroxyl groups excluding tert-OH is 1. The van der Waals surface area contributed by atoms with Crippen LogP contribution in [-0.4, -0.2) is 79.0 Å². The van der Waals surface area contributed by atoms with Gasteiger partial charge in [-0.25, -0.2) is 8.42 Å². The monoisotopic (exact) mass is 674 g/mol. The number of halogens is 1. The minimum absolute atomic E-state index is 0.00396. The fraction of sp³-hybridized carbons (Fsp3) is 0.136. The lowest BCUT2D eigenvalue weighted by molar-refractivity contribution is 0.319. The summed E-state index contributed by atoms with van der Waals surface area (Å²) >= 11 is 5.86. The second kappa shape index (κ2) is 11.9. The Morgan fingerprint density at radius 3 is 2.16 bits per heavy atom. The SMILES string of the molecule is COc1nc(Cl)nc(Nc2cc(S(=O)(=O)O)cc3cc(S(=O)(=O)O)c(N=Nc4ccc(S(=O)(=O)CCO)cc4)c(O)c23)n1. The fourth-order valence-electron chi connectivity index (χ4n) is 3.67. The zero-order valence-electron chi connectivity index (χ0n) is 21.4. The molecule has 0 fully saturated rings. The summed E-state index contributed by atoms with van der Waals surface area (Å²) in [4.78, 5) is 9.54. The second-order valence-electron chi connectivity index (χ2n) is 8.37. The first-order chi connectivity index (χ1) is 20.0. The molecule has 0 saturated carbocycles. The smallest absolute Gasteiger partial charge is 0.322 e. The van der Waals surface area contributed by atoms with Crippen LogP contribution in [0.2, 0.25) is 5.28 Å². The largest absolute Gasteiger partial charge is 0.505 e. The molecule has 17 nitrogen and oxygen atoms in total. The Balaban J connectivity index is 1.94. The molecule has 0 radical (unpaired) electrons. The number of sulfone groups is 1. The van der Waals surface area contributed by atoms with Gasteiger partial charge in [-0.05, 0) is 59.5 Å². The number of anilines is 2. The predicted octanol–water partition coefficient (Wildman–Crippen LogP) is 2.81. The maximum absolute atomic E-state index is 12.3. The van der Waals surface area contributed by atoms with Gasteiger partial charge >= 0.3 is 6.01 Å². The molecule has 1 aromatic heterocycles. The van der Waals surface area contributed by atoms with E-state index in [0.717, 1.165) is 30.3 Å². The minimum Gasteiger partial charge on any atom is -0.505 e. The number of hydrogen-bond donors (Lipinski definition) is 5. The molecule has 0 aliphatic heterocycles. The molecular weight excluding hydrogens is 656 g/mol. The van der Waals surface area contributed by atoms with Gasteiger partial charge in [0.05, 0.1) is 40.6 Å². The van der Waals surface area contributed by atoms with E-state index in [2.05, 4.69) is 30.5 Å². The summed E-state index contributed by atoms with van der Waals surface area (Å²) in [7, 11) is -12.6. The molecular formula is C22H19ClN6O11S3. The average molecular weight is 675 g/mol. The van der Waals surface area contributed by atoms with Gasteiger partial charge in [-0.15, -0.1) is 5.11 Å². The standard InChI is InChI=1S/C22H19ClN6O11S3/c1-40-22-26-20(23)25-21(27-22)24-15-10-14(42(34,35)36)8-11-9-16(43(37,38)39)18(19(31)17(11)15)29-28-12-2-4-13(5-3-12)41(32,33)7-6-30/h2-5,8-10,30-31H,6-7H2,1H3,(H,34,35,36)(H,37,38,39)(H,24,25,26,27). The van der Waals surface area contributed by atoms with E-state index in [1.807, 2.05) is 0 Å². The van der Waals surface area contributed by atoms with Gasteiger partial charge in [0.1, 0.15) is 10.6 Å². The first-order valence-electron chi connectivity index (χ1n) is 11.4. The van der Waals surface area contributed by atoms with Gasteiger partial charge in [0, 0.05) is 5.39 Å². The predicted molar refractivity (Wildman–Crippen MR) is 150 cm³/mol.